The van der Waals surface area contributed by atoms with E-state index in [4.69, 9.17) is 23.2 Å². The molecular formula is C31H32Cl2N4O2. The molecule has 39 heavy (non-hydrogen) atoms. The zero-order valence-corrected chi connectivity index (χ0v) is 23.3. The molecule has 6 nitrogen and oxygen atoms in total. The minimum Gasteiger partial charge on any atom is -0.371 e. The van der Waals surface area contributed by atoms with E-state index in [0.29, 0.717) is 26.6 Å². The van der Waals surface area contributed by atoms with E-state index in [1.165, 1.54) is 11.3 Å². The highest BCUT2D eigenvalue weighted by Gasteiger charge is 2.39. The van der Waals surface area contributed by atoms with Crippen LogP contribution in [0.2, 0.25) is 10.0 Å². The molecule has 0 radical (unpaired) electrons. The number of nitrogens with zero attached hydrogens (tertiary/aromatic N) is 3. The van der Waals surface area contributed by atoms with Gasteiger partial charge in [-0.3, -0.25) is 14.6 Å². The lowest BCUT2D eigenvalue weighted by Crippen LogP contribution is -2.48. The van der Waals surface area contributed by atoms with E-state index in [2.05, 4.69) is 27.3 Å². The first-order valence-electron chi connectivity index (χ1n) is 13.7. The number of amides is 2. The molecule has 1 N–H and O–H groups in total. The van der Waals surface area contributed by atoms with Crippen LogP contribution in [0, 0.1) is 5.41 Å². The van der Waals surface area contributed by atoms with Crippen molar-refractivity contribution in [2.75, 3.05) is 31.1 Å². The zero-order chi connectivity index (χ0) is 27.0. The number of hydrogen-bond acceptors (Lipinski definition) is 4. The monoisotopic (exact) mass is 562 g/mol. The summed E-state index contributed by atoms with van der Waals surface area (Å²) in [6.45, 7) is 3.69. The summed E-state index contributed by atoms with van der Waals surface area (Å²) in [5.41, 5.74) is 4.87. The van der Waals surface area contributed by atoms with Gasteiger partial charge in [0, 0.05) is 54.8 Å². The second-order valence-electron chi connectivity index (χ2n) is 11.1. The van der Waals surface area contributed by atoms with Crippen molar-refractivity contribution in [3.63, 3.8) is 0 Å². The summed E-state index contributed by atoms with van der Waals surface area (Å²) < 4.78 is 0. The minimum atomic E-state index is -0.234. The van der Waals surface area contributed by atoms with Gasteiger partial charge in [0.1, 0.15) is 0 Å². The van der Waals surface area contributed by atoms with E-state index >= 15 is 0 Å². The van der Waals surface area contributed by atoms with Crippen molar-refractivity contribution < 1.29 is 9.59 Å². The molecule has 1 unspecified atom stereocenters. The molecule has 1 aliphatic carbocycles. The highest BCUT2D eigenvalue weighted by molar-refractivity contribution is 6.36. The average Bonchev–Trinajstić information content (AvgIpc) is 3.35. The molecule has 3 aliphatic rings. The van der Waals surface area contributed by atoms with Gasteiger partial charge in [0.2, 0.25) is 0 Å². The van der Waals surface area contributed by atoms with Crippen molar-refractivity contribution in [3.05, 3.63) is 93.2 Å². The first-order valence-corrected chi connectivity index (χ1v) is 14.5. The maximum absolute atomic E-state index is 13.5. The largest absolute Gasteiger partial charge is 0.371 e. The number of likely N-dealkylation sites (tertiary alicyclic amines) is 1. The highest BCUT2D eigenvalue weighted by Crippen LogP contribution is 2.42. The maximum Gasteiger partial charge on any atom is 0.253 e. The van der Waals surface area contributed by atoms with Gasteiger partial charge in [0.25, 0.3) is 11.8 Å². The van der Waals surface area contributed by atoms with Gasteiger partial charge < -0.3 is 15.1 Å². The number of anilines is 1. The van der Waals surface area contributed by atoms with Gasteiger partial charge in [0.05, 0.1) is 16.6 Å². The summed E-state index contributed by atoms with van der Waals surface area (Å²) in [5, 5.41) is 3.93. The van der Waals surface area contributed by atoms with E-state index < -0.39 is 0 Å². The van der Waals surface area contributed by atoms with Crippen LogP contribution in [0.5, 0.6) is 0 Å². The van der Waals surface area contributed by atoms with Gasteiger partial charge >= 0.3 is 0 Å². The van der Waals surface area contributed by atoms with Crippen LogP contribution in [0.15, 0.2) is 60.9 Å². The standard InChI is InChI=1S/C31H32Cl2N4O2/c32-23-4-5-25(27(33)20-23)29(38)35-28-6-3-21-1-2-22(19-26(21)28)30(39)37-17-11-31(12-18-37)9-15-36(16-10-31)24-7-13-34-14-8-24/h1-2,4-5,7-8,13-14,19-20,28H,3,6,9-12,15-18H2,(H,35,38). The first-order chi connectivity index (χ1) is 18.9. The number of pyridine rings is 1. The summed E-state index contributed by atoms with van der Waals surface area (Å²) in [7, 11) is 0. The molecule has 2 amide bonds. The Bertz CT molecular complexity index is 1380. The normalized spacial score (nSPS) is 20.1. The van der Waals surface area contributed by atoms with E-state index in [9.17, 15) is 9.59 Å². The molecule has 202 valence electrons. The predicted molar refractivity (Wildman–Crippen MR) is 155 cm³/mol. The Morgan fingerprint density at radius 3 is 2.33 bits per heavy atom. The molecule has 0 saturated carbocycles. The van der Waals surface area contributed by atoms with Gasteiger partial charge in [-0.25, -0.2) is 0 Å². The van der Waals surface area contributed by atoms with Crippen LogP contribution in [0.4, 0.5) is 5.69 Å². The van der Waals surface area contributed by atoms with Crippen molar-refractivity contribution in [3.8, 4) is 0 Å². The zero-order valence-electron chi connectivity index (χ0n) is 21.8. The molecule has 2 aliphatic heterocycles. The number of aryl methyl sites for hydroxylation is 1. The molecular weight excluding hydrogens is 531 g/mol. The SMILES string of the molecule is O=C(NC1CCc2ccc(C(=O)N3CCC4(CC3)CCN(c3ccncc3)CC4)cc21)c1ccc(Cl)cc1Cl. The van der Waals surface area contributed by atoms with E-state index in [-0.39, 0.29) is 17.9 Å². The van der Waals surface area contributed by atoms with Crippen LogP contribution in [-0.4, -0.2) is 47.9 Å². The van der Waals surface area contributed by atoms with Crippen LogP contribution in [0.1, 0.15) is 70.0 Å². The van der Waals surface area contributed by atoms with Gasteiger partial charge in [-0.2, -0.15) is 0 Å². The summed E-state index contributed by atoms with van der Waals surface area (Å²) in [4.78, 5) is 35.1. The number of halogens is 2. The summed E-state index contributed by atoms with van der Waals surface area (Å²) >= 11 is 12.2. The van der Waals surface area contributed by atoms with Gasteiger partial charge in [-0.1, -0.05) is 29.3 Å². The highest BCUT2D eigenvalue weighted by atomic mass is 35.5. The molecule has 2 fully saturated rings. The molecule has 8 heteroatoms. The fraction of sp³-hybridized carbons (Fsp3) is 0.387. The Balaban J connectivity index is 1.08. The lowest BCUT2D eigenvalue weighted by atomic mass is 9.71. The molecule has 0 bridgehead atoms. The second kappa shape index (κ2) is 10.8. The molecule has 1 aromatic heterocycles. The number of rotatable bonds is 4. The maximum atomic E-state index is 13.5. The average molecular weight is 564 g/mol. The fourth-order valence-electron chi connectivity index (χ4n) is 6.46. The molecule has 3 heterocycles. The second-order valence-corrected chi connectivity index (χ2v) is 11.9. The summed E-state index contributed by atoms with van der Waals surface area (Å²) in [6, 6.07) is 14.9. The lowest BCUT2D eigenvalue weighted by molar-refractivity contribution is 0.0515. The molecule has 3 aromatic rings. The van der Waals surface area contributed by atoms with E-state index in [1.807, 2.05) is 35.5 Å². The van der Waals surface area contributed by atoms with Crippen molar-refractivity contribution in [2.24, 2.45) is 5.41 Å². The lowest BCUT2D eigenvalue weighted by Gasteiger charge is -2.47. The van der Waals surface area contributed by atoms with Gasteiger partial charge in [-0.05, 0) is 97.5 Å². The summed E-state index contributed by atoms with van der Waals surface area (Å²) in [6.07, 6.45) is 9.80. The number of carbonyl (C=O) groups is 2. The van der Waals surface area contributed by atoms with Crippen LogP contribution in [0.25, 0.3) is 0 Å². The number of nitrogens with one attached hydrogen (secondary N) is 1. The van der Waals surface area contributed by atoms with E-state index in [0.717, 1.165) is 70.3 Å². The van der Waals surface area contributed by atoms with Gasteiger partial charge in [-0.15, -0.1) is 0 Å². The third-order valence-electron chi connectivity index (χ3n) is 8.91. The number of fused-ring (bicyclic) bond motifs is 1. The Kier molecular flexibility index (Phi) is 7.25. The topological polar surface area (TPSA) is 65.5 Å². The number of piperidine rings is 2. The molecule has 1 spiro atoms. The van der Waals surface area contributed by atoms with Crippen molar-refractivity contribution in [1.82, 2.24) is 15.2 Å². The smallest absolute Gasteiger partial charge is 0.253 e. The number of carbonyl (C=O) groups excluding carboxylic acids is 2. The third kappa shape index (κ3) is 5.37. The molecule has 2 aromatic carbocycles. The number of hydrogen-bond donors (Lipinski definition) is 1. The Morgan fingerprint density at radius 2 is 1.62 bits per heavy atom. The molecule has 1 atom stereocenters. The minimum absolute atomic E-state index is 0.0830. The van der Waals surface area contributed by atoms with Crippen molar-refractivity contribution in [1.29, 1.82) is 0 Å². The number of aromatic nitrogens is 1. The molecule has 6 rings (SSSR count). The number of benzene rings is 2. The third-order valence-corrected chi connectivity index (χ3v) is 9.46. The Labute approximate surface area is 239 Å². The van der Waals surface area contributed by atoms with Crippen molar-refractivity contribution in [2.45, 2.75) is 44.6 Å². The van der Waals surface area contributed by atoms with Crippen LogP contribution in [-0.2, 0) is 6.42 Å². The van der Waals surface area contributed by atoms with Crippen LogP contribution in [0.3, 0.4) is 0 Å². The predicted octanol–water partition coefficient (Wildman–Crippen LogP) is 6.33. The summed E-state index contributed by atoms with van der Waals surface area (Å²) in [5.74, 6) is -0.151. The fourth-order valence-corrected chi connectivity index (χ4v) is 6.95. The Hall–Kier alpha value is -3.09. The van der Waals surface area contributed by atoms with Crippen LogP contribution < -0.4 is 10.2 Å². The Morgan fingerprint density at radius 1 is 0.897 bits per heavy atom. The van der Waals surface area contributed by atoms with Gasteiger partial charge in [0.15, 0.2) is 0 Å². The molecule has 2 saturated heterocycles. The quantitative estimate of drug-likeness (QED) is 0.403. The van der Waals surface area contributed by atoms with E-state index in [1.54, 1.807) is 18.2 Å². The first kappa shape index (κ1) is 26.1. The van der Waals surface area contributed by atoms with Crippen LogP contribution >= 0.6 is 23.2 Å². The van der Waals surface area contributed by atoms with Crippen molar-refractivity contribution >= 4 is 40.7 Å².